The average Bonchev–Trinajstić information content (AvgIpc) is 1.85. The highest BCUT2D eigenvalue weighted by molar-refractivity contribution is 5.74. The van der Waals surface area contributed by atoms with Gasteiger partial charge in [0, 0.05) is 26.2 Å². The van der Waals surface area contributed by atoms with Crippen LogP contribution in [-0.4, -0.2) is 42.3 Å². The number of rotatable bonds is 3. The zero-order valence-corrected chi connectivity index (χ0v) is 8.22. The lowest BCUT2D eigenvalue weighted by Gasteiger charge is -2.27. The minimum Gasteiger partial charge on any atom is -0.396 e. The van der Waals surface area contributed by atoms with Gasteiger partial charge in [0.05, 0.1) is 0 Å². The number of aliphatic hydroxyl groups excluding tert-OH is 1. The Morgan fingerprint density at radius 2 is 2.00 bits per heavy atom. The van der Waals surface area contributed by atoms with Gasteiger partial charge in [-0.3, -0.25) is 0 Å². The minimum atomic E-state index is -0.337. The molecular formula is C8H18N2O2. The van der Waals surface area contributed by atoms with E-state index in [1.807, 2.05) is 13.8 Å². The fourth-order valence-corrected chi connectivity index (χ4v) is 0.743. The van der Waals surface area contributed by atoms with E-state index in [2.05, 4.69) is 5.32 Å². The second kappa shape index (κ2) is 4.30. The molecule has 0 unspecified atom stereocenters. The molecule has 0 aromatic carbocycles. The number of aliphatic hydroxyl groups is 1. The van der Waals surface area contributed by atoms with Crippen LogP contribution in [0.3, 0.4) is 0 Å². The van der Waals surface area contributed by atoms with E-state index < -0.39 is 0 Å². The van der Waals surface area contributed by atoms with Crippen LogP contribution >= 0.6 is 0 Å². The Bertz CT molecular complexity index is 155. The third-order valence-corrected chi connectivity index (χ3v) is 1.59. The molecule has 12 heavy (non-hydrogen) atoms. The van der Waals surface area contributed by atoms with Crippen molar-refractivity contribution < 1.29 is 9.90 Å². The van der Waals surface area contributed by atoms with Crippen LogP contribution in [0.1, 0.15) is 20.3 Å². The zero-order chi connectivity index (χ0) is 9.78. The van der Waals surface area contributed by atoms with Gasteiger partial charge < -0.3 is 15.3 Å². The number of amides is 2. The van der Waals surface area contributed by atoms with E-state index in [9.17, 15) is 4.79 Å². The molecule has 72 valence electrons. The van der Waals surface area contributed by atoms with Crippen LogP contribution in [0.25, 0.3) is 0 Å². The minimum absolute atomic E-state index is 0.0840. The number of hydrogen-bond acceptors (Lipinski definition) is 2. The molecule has 0 fully saturated rings. The molecule has 2 amide bonds. The summed E-state index contributed by atoms with van der Waals surface area (Å²) in [7, 11) is 3.37. The van der Waals surface area contributed by atoms with Crippen molar-refractivity contribution in [1.82, 2.24) is 10.2 Å². The number of nitrogens with zero attached hydrogens (tertiary/aromatic N) is 1. The first-order chi connectivity index (χ1) is 5.39. The average molecular weight is 174 g/mol. The number of nitrogens with one attached hydrogen (secondary N) is 1. The fourth-order valence-electron chi connectivity index (χ4n) is 0.743. The SMILES string of the molecule is CN(C)C(=O)NC(C)(C)CCO. The smallest absolute Gasteiger partial charge is 0.317 e. The molecule has 0 rings (SSSR count). The van der Waals surface area contributed by atoms with Gasteiger partial charge in [-0.25, -0.2) is 4.79 Å². The van der Waals surface area contributed by atoms with Crippen molar-refractivity contribution in [3.63, 3.8) is 0 Å². The highest BCUT2D eigenvalue weighted by Crippen LogP contribution is 2.07. The Morgan fingerprint density at radius 1 is 1.50 bits per heavy atom. The van der Waals surface area contributed by atoms with Gasteiger partial charge in [-0.1, -0.05) is 0 Å². The van der Waals surface area contributed by atoms with Crippen LogP contribution in [-0.2, 0) is 0 Å². The van der Waals surface area contributed by atoms with Crippen LogP contribution in [0, 0.1) is 0 Å². The van der Waals surface area contributed by atoms with Gasteiger partial charge >= 0.3 is 6.03 Å². The Hall–Kier alpha value is -0.770. The molecule has 0 atom stereocenters. The van der Waals surface area contributed by atoms with Crippen molar-refractivity contribution in [1.29, 1.82) is 0 Å². The summed E-state index contributed by atoms with van der Waals surface area (Å²) >= 11 is 0. The third kappa shape index (κ3) is 4.18. The first-order valence-corrected chi connectivity index (χ1v) is 3.99. The Labute approximate surface area is 73.6 Å². The van der Waals surface area contributed by atoms with Crippen molar-refractivity contribution in [2.45, 2.75) is 25.8 Å². The van der Waals surface area contributed by atoms with Gasteiger partial charge in [-0.05, 0) is 20.3 Å². The molecule has 0 spiro atoms. The van der Waals surface area contributed by atoms with Crippen molar-refractivity contribution in [2.75, 3.05) is 20.7 Å². The number of carbonyl (C=O) groups is 1. The molecule has 0 saturated carbocycles. The molecule has 0 aliphatic carbocycles. The molecule has 0 bridgehead atoms. The molecular weight excluding hydrogens is 156 g/mol. The van der Waals surface area contributed by atoms with Crippen molar-refractivity contribution in [3.8, 4) is 0 Å². The second-order valence-electron chi connectivity index (χ2n) is 3.68. The van der Waals surface area contributed by atoms with Crippen LogP contribution in [0.5, 0.6) is 0 Å². The lowest BCUT2D eigenvalue weighted by molar-refractivity contribution is 0.192. The highest BCUT2D eigenvalue weighted by atomic mass is 16.3. The first-order valence-electron chi connectivity index (χ1n) is 3.99. The van der Waals surface area contributed by atoms with Gasteiger partial charge in [-0.15, -0.1) is 0 Å². The van der Waals surface area contributed by atoms with Gasteiger partial charge in [0.15, 0.2) is 0 Å². The normalized spacial score (nSPS) is 11.1. The molecule has 0 aliphatic heterocycles. The molecule has 0 heterocycles. The summed E-state index contributed by atoms with van der Waals surface area (Å²) in [6.07, 6.45) is 0.562. The summed E-state index contributed by atoms with van der Waals surface area (Å²) in [4.78, 5) is 12.6. The van der Waals surface area contributed by atoms with Gasteiger partial charge in [-0.2, -0.15) is 0 Å². The van der Waals surface area contributed by atoms with Gasteiger partial charge in [0.2, 0.25) is 0 Å². The summed E-state index contributed by atoms with van der Waals surface area (Å²) in [5.41, 5.74) is -0.337. The maximum atomic E-state index is 11.2. The standard InChI is InChI=1S/C8H18N2O2/c1-8(2,5-6-11)9-7(12)10(3)4/h11H,5-6H2,1-4H3,(H,9,12). The van der Waals surface area contributed by atoms with Gasteiger partial charge in [0.1, 0.15) is 0 Å². The molecule has 4 heteroatoms. The molecule has 0 radical (unpaired) electrons. The van der Waals surface area contributed by atoms with Crippen molar-refractivity contribution >= 4 is 6.03 Å². The Kier molecular flexibility index (Phi) is 4.03. The summed E-state index contributed by atoms with van der Waals surface area (Å²) in [5.74, 6) is 0. The fraction of sp³-hybridized carbons (Fsp3) is 0.875. The van der Waals surface area contributed by atoms with E-state index in [1.165, 1.54) is 4.90 Å². The maximum absolute atomic E-state index is 11.2. The summed E-state index contributed by atoms with van der Waals surface area (Å²) in [5, 5.41) is 11.5. The molecule has 0 aliphatic rings. The van der Waals surface area contributed by atoms with E-state index in [-0.39, 0.29) is 18.2 Å². The molecule has 2 N–H and O–H groups in total. The third-order valence-electron chi connectivity index (χ3n) is 1.59. The Morgan fingerprint density at radius 3 is 2.33 bits per heavy atom. The van der Waals surface area contributed by atoms with Crippen LogP contribution < -0.4 is 5.32 Å². The van der Waals surface area contributed by atoms with Crippen molar-refractivity contribution in [2.24, 2.45) is 0 Å². The lowest BCUT2D eigenvalue weighted by atomic mass is 10.0. The largest absolute Gasteiger partial charge is 0.396 e. The summed E-state index contributed by atoms with van der Waals surface area (Å²) in [6, 6.07) is -0.131. The number of urea groups is 1. The second-order valence-corrected chi connectivity index (χ2v) is 3.68. The first kappa shape index (κ1) is 11.2. The topological polar surface area (TPSA) is 52.6 Å². The number of carbonyl (C=O) groups excluding carboxylic acids is 1. The predicted molar refractivity (Wildman–Crippen MR) is 48.0 cm³/mol. The monoisotopic (exact) mass is 174 g/mol. The predicted octanol–water partition coefficient (Wildman–Crippen LogP) is 0.419. The van der Waals surface area contributed by atoms with E-state index in [1.54, 1.807) is 14.1 Å². The zero-order valence-electron chi connectivity index (χ0n) is 8.22. The van der Waals surface area contributed by atoms with Crippen LogP contribution in [0.15, 0.2) is 0 Å². The lowest BCUT2D eigenvalue weighted by Crippen LogP contribution is -2.48. The van der Waals surface area contributed by atoms with Gasteiger partial charge in [0.25, 0.3) is 0 Å². The highest BCUT2D eigenvalue weighted by Gasteiger charge is 2.19. The molecule has 4 nitrogen and oxygen atoms in total. The van der Waals surface area contributed by atoms with E-state index in [0.717, 1.165) is 0 Å². The van der Waals surface area contributed by atoms with Crippen LogP contribution in [0.4, 0.5) is 4.79 Å². The molecule has 0 saturated heterocycles. The van der Waals surface area contributed by atoms with Crippen LogP contribution in [0.2, 0.25) is 0 Å². The maximum Gasteiger partial charge on any atom is 0.317 e. The molecule has 0 aromatic heterocycles. The van der Waals surface area contributed by atoms with Crippen molar-refractivity contribution in [3.05, 3.63) is 0 Å². The summed E-state index contributed by atoms with van der Waals surface area (Å²) in [6.45, 7) is 3.84. The molecule has 0 aromatic rings. The quantitative estimate of drug-likeness (QED) is 0.651. The van der Waals surface area contributed by atoms with E-state index >= 15 is 0 Å². The summed E-state index contributed by atoms with van der Waals surface area (Å²) < 4.78 is 0. The van der Waals surface area contributed by atoms with E-state index in [4.69, 9.17) is 5.11 Å². The Balaban J connectivity index is 3.96. The van der Waals surface area contributed by atoms with E-state index in [0.29, 0.717) is 6.42 Å². The number of hydrogen-bond donors (Lipinski definition) is 2.